The van der Waals surface area contributed by atoms with Crippen molar-refractivity contribution in [2.75, 3.05) is 41.8 Å². The summed E-state index contributed by atoms with van der Waals surface area (Å²) in [6.07, 6.45) is 6.22. The number of hydrogen-bond acceptors (Lipinski definition) is 8. The molecule has 9 heteroatoms. The van der Waals surface area contributed by atoms with E-state index in [4.69, 9.17) is 20.4 Å². The van der Waals surface area contributed by atoms with Crippen LogP contribution in [-0.4, -0.2) is 64.0 Å². The molecule has 0 amide bonds. The first-order chi connectivity index (χ1) is 13.5. The summed E-state index contributed by atoms with van der Waals surface area (Å²) in [6.45, 7) is 4.06. The molecule has 0 radical (unpaired) electrons. The van der Waals surface area contributed by atoms with Gasteiger partial charge in [-0.3, -0.25) is 0 Å². The number of ether oxygens (including phenoxy) is 1. The molecule has 0 aromatic carbocycles. The summed E-state index contributed by atoms with van der Waals surface area (Å²) in [4.78, 5) is 21.9. The normalized spacial score (nSPS) is 29.5. The third-order valence-electron chi connectivity index (χ3n) is 5.86. The standard InChI is InChI=1S/C19H24FN7O/c1-19(20)4-5-26(11-19)18-24-15(12-7-22-17(21)23-8-12)6-16(25-18)27-9-14-3-2-13(27)10-28-14/h6-8,13-14H,2-5,9-11H2,1H3,(H2,21,22,23)/t13-,14-,19?/m0/s1. The van der Waals surface area contributed by atoms with Gasteiger partial charge in [0.1, 0.15) is 11.5 Å². The number of nitrogens with zero attached hydrogens (tertiary/aromatic N) is 6. The molecular weight excluding hydrogens is 361 g/mol. The van der Waals surface area contributed by atoms with Crippen LogP contribution < -0.4 is 15.5 Å². The van der Waals surface area contributed by atoms with Crippen LogP contribution >= 0.6 is 0 Å². The van der Waals surface area contributed by atoms with Crippen molar-refractivity contribution in [3.05, 3.63) is 18.5 Å². The van der Waals surface area contributed by atoms with Crippen LogP contribution in [0.2, 0.25) is 0 Å². The Balaban J connectivity index is 1.55. The number of piperidine rings is 1. The topological polar surface area (TPSA) is 93.3 Å². The number of fused-ring (bicyclic) bond motifs is 3. The van der Waals surface area contributed by atoms with E-state index in [-0.39, 0.29) is 12.1 Å². The molecule has 4 aliphatic rings. The number of alkyl halides is 1. The number of anilines is 3. The zero-order valence-electron chi connectivity index (χ0n) is 15.9. The quantitative estimate of drug-likeness (QED) is 0.855. The number of halogens is 1. The van der Waals surface area contributed by atoms with E-state index in [1.54, 1.807) is 19.3 Å². The minimum Gasteiger partial charge on any atom is -0.374 e. The molecule has 3 atom stereocenters. The Labute approximate surface area is 163 Å². The summed E-state index contributed by atoms with van der Waals surface area (Å²) in [5.41, 5.74) is 5.89. The molecule has 2 aromatic rings. The number of nitrogens with two attached hydrogens (primary N) is 1. The van der Waals surface area contributed by atoms with E-state index in [0.717, 1.165) is 43.1 Å². The van der Waals surface area contributed by atoms with Crippen LogP contribution in [0.15, 0.2) is 18.5 Å². The highest BCUT2D eigenvalue weighted by atomic mass is 19.1. The number of nitrogen functional groups attached to an aromatic ring is 1. The maximum absolute atomic E-state index is 14.4. The second-order valence-electron chi connectivity index (χ2n) is 8.17. The summed E-state index contributed by atoms with van der Waals surface area (Å²) >= 11 is 0. The van der Waals surface area contributed by atoms with Gasteiger partial charge in [-0.2, -0.15) is 4.98 Å². The molecule has 6 rings (SSSR count). The number of morpholine rings is 1. The highest BCUT2D eigenvalue weighted by Crippen LogP contribution is 2.34. The summed E-state index contributed by atoms with van der Waals surface area (Å²) < 4.78 is 20.3. The number of hydrogen-bond donors (Lipinski definition) is 1. The van der Waals surface area contributed by atoms with E-state index in [1.807, 2.05) is 11.0 Å². The lowest BCUT2D eigenvalue weighted by Crippen LogP contribution is -2.55. The largest absolute Gasteiger partial charge is 0.374 e. The van der Waals surface area contributed by atoms with Crippen LogP contribution in [0, 0.1) is 0 Å². The van der Waals surface area contributed by atoms with Gasteiger partial charge >= 0.3 is 0 Å². The molecule has 0 saturated carbocycles. The molecule has 8 nitrogen and oxygen atoms in total. The van der Waals surface area contributed by atoms with Crippen LogP contribution in [0.5, 0.6) is 0 Å². The lowest BCUT2D eigenvalue weighted by molar-refractivity contribution is -0.0228. The fourth-order valence-electron chi connectivity index (χ4n) is 4.25. The van der Waals surface area contributed by atoms with Crippen molar-refractivity contribution in [3.8, 4) is 11.3 Å². The van der Waals surface area contributed by atoms with Crippen molar-refractivity contribution < 1.29 is 9.13 Å². The zero-order chi connectivity index (χ0) is 19.3. The first-order valence-electron chi connectivity index (χ1n) is 9.76. The van der Waals surface area contributed by atoms with Crippen LogP contribution in [0.4, 0.5) is 22.1 Å². The first-order valence-corrected chi connectivity index (χ1v) is 9.76. The van der Waals surface area contributed by atoms with Gasteiger partial charge in [0.15, 0.2) is 0 Å². The fourth-order valence-corrected chi connectivity index (χ4v) is 4.25. The Morgan fingerprint density at radius 1 is 1.25 bits per heavy atom. The van der Waals surface area contributed by atoms with E-state index >= 15 is 0 Å². The molecule has 0 spiro atoms. The lowest BCUT2D eigenvalue weighted by Gasteiger charge is -2.45. The smallest absolute Gasteiger partial charge is 0.227 e. The van der Waals surface area contributed by atoms with Crippen molar-refractivity contribution in [2.24, 2.45) is 0 Å². The van der Waals surface area contributed by atoms with E-state index in [0.29, 0.717) is 31.5 Å². The molecule has 2 aromatic heterocycles. The van der Waals surface area contributed by atoms with E-state index in [1.165, 1.54) is 0 Å². The molecule has 2 N–H and O–H groups in total. The summed E-state index contributed by atoms with van der Waals surface area (Å²) in [5, 5.41) is 0. The van der Waals surface area contributed by atoms with Crippen LogP contribution in [0.25, 0.3) is 11.3 Å². The zero-order valence-corrected chi connectivity index (χ0v) is 15.9. The predicted molar refractivity (Wildman–Crippen MR) is 104 cm³/mol. The fraction of sp³-hybridized carbons (Fsp3) is 0.579. The third kappa shape index (κ3) is 3.23. The Hall–Kier alpha value is -2.55. The Bertz CT molecular complexity index is 867. The van der Waals surface area contributed by atoms with Gasteiger partial charge in [-0.05, 0) is 19.8 Å². The van der Waals surface area contributed by atoms with Crippen molar-refractivity contribution in [2.45, 2.75) is 44.0 Å². The van der Waals surface area contributed by atoms with Gasteiger partial charge in [-0.1, -0.05) is 0 Å². The number of rotatable bonds is 3. The minimum absolute atomic E-state index is 0.219. The van der Waals surface area contributed by atoms with Gasteiger partial charge in [-0.15, -0.1) is 0 Å². The molecule has 4 aliphatic heterocycles. The van der Waals surface area contributed by atoms with Crippen LogP contribution in [-0.2, 0) is 4.74 Å². The van der Waals surface area contributed by atoms with Gasteiger partial charge in [-0.25, -0.2) is 19.3 Å². The summed E-state index contributed by atoms with van der Waals surface area (Å²) in [6, 6.07) is 2.28. The SMILES string of the molecule is CC1(F)CCN(c2nc(-c3cnc(N)nc3)cc(N3C[C@@H]4CC[C@H]3CO4)n2)C1. The van der Waals surface area contributed by atoms with Crippen LogP contribution in [0.3, 0.4) is 0 Å². The molecule has 2 bridgehead atoms. The average molecular weight is 385 g/mol. The van der Waals surface area contributed by atoms with Crippen molar-refractivity contribution in [1.29, 1.82) is 0 Å². The highest BCUT2D eigenvalue weighted by molar-refractivity contribution is 5.64. The molecule has 4 fully saturated rings. The second kappa shape index (κ2) is 6.51. The molecule has 1 unspecified atom stereocenters. The second-order valence-corrected chi connectivity index (χ2v) is 8.17. The predicted octanol–water partition coefficient (Wildman–Crippen LogP) is 1.82. The van der Waals surface area contributed by atoms with Gasteiger partial charge in [0.05, 0.1) is 31.0 Å². The Kier molecular flexibility index (Phi) is 4.08. The molecule has 0 aliphatic carbocycles. The van der Waals surface area contributed by atoms with Crippen molar-refractivity contribution in [3.63, 3.8) is 0 Å². The first kappa shape index (κ1) is 17.5. The van der Waals surface area contributed by atoms with E-state index < -0.39 is 5.67 Å². The average Bonchev–Trinajstić information content (AvgIpc) is 3.09. The maximum atomic E-state index is 14.4. The van der Waals surface area contributed by atoms with Gasteiger partial charge in [0.2, 0.25) is 11.9 Å². The monoisotopic (exact) mass is 385 g/mol. The molecule has 6 heterocycles. The third-order valence-corrected chi connectivity index (χ3v) is 5.86. The summed E-state index contributed by atoms with van der Waals surface area (Å²) in [7, 11) is 0. The maximum Gasteiger partial charge on any atom is 0.227 e. The van der Waals surface area contributed by atoms with Gasteiger partial charge in [0.25, 0.3) is 0 Å². The molecular formula is C19H24FN7O. The van der Waals surface area contributed by atoms with Crippen LogP contribution in [0.1, 0.15) is 26.2 Å². The highest BCUT2D eigenvalue weighted by Gasteiger charge is 2.38. The molecule has 148 valence electrons. The van der Waals surface area contributed by atoms with E-state index in [9.17, 15) is 4.39 Å². The Morgan fingerprint density at radius 3 is 2.68 bits per heavy atom. The summed E-state index contributed by atoms with van der Waals surface area (Å²) in [5.74, 6) is 1.62. The minimum atomic E-state index is -1.22. The number of aromatic nitrogens is 4. The van der Waals surface area contributed by atoms with Gasteiger partial charge < -0.3 is 20.3 Å². The Morgan fingerprint density at radius 2 is 2.07 bits per heavy atom. The van der Waals surface area contributed by atoms with E-state index in [2.05, 4.69) is 14.9 Å². The van der Waals surface area contributed by atoms with Gasteiger partial charge in [0, 0.05) is 43.5 Å². The lowest BCUT2D eigenvalue weighted by atomic mass is 9.97. The molecule has 28 heavy (non-hydrogen) atoms. The molecule has 4 saturated heterocycles. The van der Waals surface area contributed by atoms with Crippen molar-refractivity contribution >= 4 is 17.7 Å². The van der Waals surface area contributed by atoms with Crippen molar-refractivity contribution in [1.82, 2.24) is 19.9 Å².